The molecule has 2 aromatic rings. The van der Waals surface area contributed by atoms with Gasteiger partial charge >= 0.3 is 0 Å². The minimum Gasteiger partial charge on any atom is -0.326 e. The lowest BCUT2D eigenvalue weighted by molar-refractivity contribution is -0.122. The van der Waals surface area contributed by atoms with Gasteiger partial charge in [-0.25, -0.2) is 0 Å². The molecule has 2 unspecified atom stereocenters. The van der Waals surface area contributed by atoms with Gasteiger partial charge < -0.3 is 16.0 Å². The van der Waals surface area contributed by atoms with Crippen LogP contribution in [0.5, 0.6) is 0 Å². The highest BCUT2D eigenvalue weighted by Crippen LogP contribution is 2.40. The zero-order valence-electron chi connectivity index (χ0n) is 15.6. The Kier molecular flexibility index (Phi) is 5.26. The highest BCUT2D eigenvalue weighted by Gasteiger charge is 2.48. The first-order valence-electron chi connectivity index (χ1n) is 8.90. The Bertz CT molecular complexity index is 870. The number of rotatable bonds is 5. The smallest absolute Gasteiger partial charge is 0.228 e. The topological polar surface area (TPSA) is 87.3 Å². The Labute approximate surface area is 158 Å². The molecule has 0 aromatic heterocycles. The highest BCUT2D eigenvalue weighted by atomic mass is 16.2. The van der Waals surface area contributed by atoms with E-state index in [-0.39, 0.29) is 29.6 Å². The summed E-state index contributed by atoms with van der Waals surface area (Å²) in [4.78, 5) is 35.9. The van der Waals surface area contributed by atoms with Crippen LogP contribution in [-0.4, -0.2) is 17.7 Å². The summed E-state index contributed by atoms with van der Waals surface area (Å²) < 4.78 is 0. The van der Waals surface area contributed by atoms with Crippen molar-refractivity contribution in [2.24, 2.45) is 11.8 Å². The largest absolute Gasteiger partial charge is 0.326 e. The summed E-state index contributed by atoms with van der Waals surface area (Å²) in [6.07, 6.45) is 0.548. The van der Waals surface area contributed by atoms with Gasteiger partial charge in [0, 0.05) is 24.0 Å². The van der Waals surface area contributed by atoms with Crippen molar-refractivity contribution in [3.05, 3.63) is 53.6 Å². The number of nitrogens with one attached hydrogen (secondary N) is 3. The van der Waals surface area contributed by atoms with Crippen LogP contribution >= 0.6 is 0 Å². The van der Waals surface area contributed by atoms with Gasteiger partial charge in [0.1, 0.15) is 0 Å². The molecule has 6 nitrogen and oxygen atoms in total. The van der Waals surface area contributed by atoms with Crippen molar-refractivity contribution < 1.29 is 14.4 Å². The third-order valence-electron chi connectivity index (χ3n) is 4.67. The van der Waals surface area contributed by atoms with Crippen LogP contribution in [0.25, 0.3) is 0 Å². The number of hydrogen-bond donors (Lipinski definition) is 3. The Morgan fingerprint density at radius 1 is 0.778 bits per heavy atom. The van der Waals surface area contributed by atoms with Gasteiger partial charge in [0.15, 0.2) is 0 Å². The van der Waals surface area contributed by atoms with Gasteiger partial charge in [0.25, 0.3) is 0 Å². The zero-order chi connectivity index (χ0) is 19.6. The van der Waals surface area contributed by atoms with Gasteiger partial charge in [-0.15, -0.1) is 0 Å². The second-order valence-corrected chi connectivity index (χ2v) is 6.95. The molecule has 140 valence electrons. The number of hydrogen-bond acceptors (Lipinski definition) is 3. The molecule has 3 N–H and O–H groups in total. The van der Waals surface area contributed by atoms with Crippen LogP contribution in [-0.2, 0) is 14.4 Å². The zero-order valence-corrected chi connectivity index (χ0v) is 15.6. The molecule has 3 amide bonds. The van der Waals surface area contributed by atoms with Crippen molar-refractivity contribution in [2.45, 2.75) is 27.2 Å². The average molecular weight is 365 g/mol. The van der Waals surface area contributed by atoms with Crippen molar-refractivity contribution in [1.29, 1.82) is 0 Å². The summed E-state index contributed by atoms with van der Waals surface area (Å²) in [5.74, 6) is -1.05. The van der Waals surface area contributed by atoms with Gasteiger partial charge in [-0.05, 0) is 55.7 Å². The fourth-order valence-corrected chi connectivity index (χ4v) is 3.08. The molecule has 0 radical (unpaired) electrons. The lowest BCUT2D eigenvalue weighted by Gasteiger charge is -2.11. The molecule has 27 heavy (non-hydrogen) atoms. The van der Waals surface area contributed by atoms with E-state index in [4.69, 9.17) is 0 Å². The minimum atomic E-state index is -0.315. The van der Waals surface area contributed by atoms with Gasteiger partial charge in [-0.3, -0.25) is 14.4 Å². The molecule has 6 heteroatoms. The molecule has 1 aliphatic carbocycles. The van der Waals surface area contributed by atoms with Crippen LogP contribution < -0.4 is 16.0 Å². The lowest BCUT2D eigenvalue weighted by Crippen LogP contribution is -2.21. The van der Waals surface area contributed by atoms with Crippen molar-refractivity contribution in [2.75, 3.05) is 16.0 Å². The van der Waals surface area contributed by atoms with Gasteiger partial charge in [0.05, 0.1) is 11.8 Å². The third kappa shape index (κ3) is 4.53. The van der Waals surface area contributed by atoms with Crippen LogP contribution in [0.4, 0.5) is 17.1 Å². The summed E-state index contributed by atoms with van der Waals surface area (Å²) in [5, 5.41) is 8.45. The second-order valence-electron chi connectivity index (χ2n) is 6.95. The Morgan fingerprint density at radius 2 is 1.26 bits per heavy atom. The normalized spacial score (nSPS) is 17.7. The molecule has 0 bridgehead atoms. The van der Waals surface area contributed by atoms with E-state index in [0.29, 0.717) is 17.8 Å². The Balaban J connectivity index is 1.55. The van der Waals surface area contributed by atoms with Gasteiger partial charge in [-0.2, -0.15) is 0 Å². The predicted octanol–water partition coefficient (Wildman–Crippen LogP) is 3.48. The summed E-state index contributed by atoms with van der Waals surface area (Å²) in [5.41, 5.74) is 4.13. The standard InChI is InChI=1S/C21H23N3O3/c1-12-5-4-6-13(2)19(12)24-21(27)18-11-17(18)20(26)23-16-9-7-15(8-10-16)22-14(3)25/h4-10,17-18H,11H2,1-3H3,(H,22,25)(H,23,26)(H,24,27). The first kappa shape index (κ1) is 18.6. The van der Waals surface area contributed by atoms with E-state index in [1.165, 1.54) is 6.92 Å². The van der Waals surface area contributed by atoms with E-state index in [9.17, 15) is 14.4 Å². The summed E-state index contributed by atoms with van der Waals surface area (Å²) in [7, 11) is 0. The highest BCUT2D eigenvalue weighted by molar-refractivity contribution is 6.03. The van der Waals surface area contributed by atoms with Gasteiger partial charge in [-0.1, -0.05) is 18.2 Å². The van der Waals surface area contributed by atoms with Crippen LogP contribution in [0.1, 0.15) is 24.5 Å². The van der Waals surface area contributed by atoms with E-state index in [1.807, 2.05) is 32.0 Å². The molecule has 1 saturated carbocycles. The van der Waals surface area contributed by atoms with Crippen LogP contribution in [0, 0.1) is 25.7 Å². The van der Waals surface area contributed by atoms with Crippen LogP contribution in [0.15, 0.2) is 42.5 Å². The molecule has 0 aliphatic heterocycles. The summed E-state index contributed by atoms with van der Waals surface area (Å²) in [6.45, 7) is 5.33. The van der Waals surface area contributed by atoms with E-state index in [0.717, 1.165) is 16.8 Å². The van der Waals surface area contributed by atoms with Crippen molar-refractivity contribution >= 4 is 34.8 Å². The summed E-state index contributed by atoms with van der Waals surface area (Å²) >= 11 is 0. The molecular formula is C21H23N3O3. The number of benzene rings is 2. The second kappa shape index (κ2) is 7.61. The SMILES string of the molecule is CC(=O)Nc1ccc(NC(=O)C2CC2C(=O)Nc2c(C)cccc2C)cc1. The van der Waals surface area contributed by atoms with Crippen molar-refractivity contribution in [1.82, 2.24) is 0 Å². The first-order valence-corrected chi connectivity index (χ1v) is 8.90. The number of anilines is 3. The fourth-order valence-electron chi connectivity index (χ4n) is 3.08. The molecule has 0 heterocycles. The molecule has 2 aromatic carbocycles. The maximum atomic E-state index is 12.5. The molecule has 0 saturated heterocycles. The number of carbonyl (C=O) groups excluding carboxylic acids is 3. The van der Waals surface area contributed by atoms with Gasteiger partial charge in [0.2, 0.25) is 17.7 Å². The van der Waals surface area contributed by atoms with Crippen molar-refractivity contribution in [3.63, 3.8) is 0 Å². The molecule has 2 atom stereocenters. The number of carbonyl (C=O) groups is 3. The molecule has 0 spiro atoms. The number of amides is 3. The van der Waals surface area contributed by atoms with Crippen LogP contribution in [0.2, 0.25) is 0 Å². The van der Waals surface area contributed by atoms with E-state index in [2.05, 4.69) is 16.0 Å². The Morgan fingerprint density at radius 3 is 1.78 bits per heavy atom. The maximum absolute atomic E-state index is 12.5. The average Bonchev–Trinajstić information content (AvgIpc) is 3.40. The Hall–Kier alpha value is -3.15. The van der Waals surface area contributed by atoms with E-state index in [1.54, 1.807) is 24.3 Å². The molecular weight excluding hydrogens is 342 g/mol. The number of aryl methyl sites for hydroxylation is 2. The molecule has 3 rings (SSSR count). The van der Waals surface area contributed by atoms with E-state index >= 15 is 0 Å². The fraction of sp³-hybridized carbons (Fsp3) is 0.286. The lowest BCUT2D eigenvalue weighted by atomic mass is 10.1. The first-order chi connectivity index (χ1) is 12.8. The van der Waals surface area contributed by atoms with Crippen LogP contribution in [0.3, 0.4) is 0 Å². The molecule has 1 fully saturated rings. The van der Waals surface area contributed by atoms with Crippen molar-refractivity contribution in [3.8, 4) is 0 Å². The number of para-hydroxylation sites is 1. The quantitative estimate of drug-likeness (QED) is 0.758. The third-order valence-corrected chi connectivity index (χ3v) is 4.67. The molecule has 1 aliphatic rings. The van der Waals surface area contributed by atoms with E-state index < -0.39 is 0 Å². The summed E-state index contributed by atoms with van der Waals surface area (Å²) in [6, 6.07) is 12.7. The monoisotopic (exact) mass is 365 g/mol. The predicted molar refractivity (Wildman–Crippen MR) is 106 cm³/mol. The maximum Gasteiger partial charge on any atom is 0.228 e. The minimum absolute atomic E-state index is 0.117.